The molecule has 3 saturated heterocycles. The molecular weight excluding hydrogens is 372 g/mol. The Kier molecular flexibility index (Phi) is 3.78. The second-order valence-electron chi connectivity index (χ2n) is 13.3. The van der Waals surface area contributed by atoms with E-state index in [9.17, 15) is 0 Å². The maximum Gasteiger partial charge on any atom is 0.171 e. The summed E-state index contributed by atoms with van der Waals surface area (Å²) in [5.74, 6) is 4.19. The highest BCUT2D eigenvalue weighted by Gasteiger charge is 2.76. The summed E-state index contributed by atoms with van der Waals surface area (Å²) in [6.45, 7) is 11.0. The minimum Gasteiger partial charge on any atom is -0.365 e. The zero-order valence-corrected chi connectivity index (χ0v) is 19.6. The van der Waals surface area contributed by atoms with Gasteiger partial charge in [0, 0.05) is 17.8 Å². The molecule has 0 N–H and O–H groups in total. The molecule has 7 aliphatic rings. The Hall–Kier alpha value is -0.120. The van der Waals surface area contributed by atoms with Crippen LogP contribution in [-0.2, 0) is 14.2 Å². The van der Waals surface area contributed by atoms with Crippen LogP contribution in [0, 0.1) is 46.3 Å². The summed E-state index contributed by atoms with van der Waals surface area (Å²) in [4.78, 5) is 0. The Morgan fingerprint density at radius 3 is 2.47 bits per heavy atom. The van der Waals surface area contributed by atoms with Gasteiger partial charge in [-0.25, -0.2) is 0 Å². The number of rotatable bonds is 0. The topological polar surface area (TPSA) is 31.0 Å². The molecule has 0 aromatic carbocycles. The van der Waals surface area contributed by atoms with Crippen LogP contribution < -0.4 is 0 Å². The Balaban J connectivity index is 1.19. The summed E-state index contributed by atoms with van der Waals surface area (Å²) in [5.41, 5.74) is 1.14. The van der Waals surface area contributed by atoms with Crippen LogP contribution in [-0.4, -0.2) is 30.2 Å². The maximum atomic E-state index is 6.93. The highest BCUT2D eigenvalue weighted by molar-refractivity contribution is 5.24. The summed E-state index contributed by atoms with van der Waals surface area (Å²) in [7, 11) is 0. The van der Waals surface area contributed by atoms with Crippen molar-refractivity contribution in [3.05, 3.63) is 0 Å². The SMILES string of the molecule is CC1CC[C@@]2(OC1)O[C@H]1C[C@H]3[C@@H]4C[C@@H]5O[C@@]56CCCC[C@]6(C)[C@H]4CC[C@]3(C)[C@H]1[C@@H]2C. The van der Waals surface area contributed by atoms with Crippen LogP contribution in [0.3, 0.4) is 0 Å². The van der Waals surface area contributed by atoms with Gasteiger partial charge >= 0.3 is 0 Å². The predicted octanol–water partition coefficient (Wildman–Crippen LogP) is 5.95. The van der Waals surface area contributed by atoms with Crippen molar-refractivity contribution in [2.45, 2.75) is 115 Å². The zero-order chi connectivity index (χ0) is 20.5. The summed E-state index contributed by atoms with van der Waals surface area (Å²) in [5, 5.41) is 0. The average Bonchev–Trinajstić information content (AvgIpc) is 3.25. The summed E-state index contributed by atoms with van der Waals surface area (Å²) >= 11 is 0. The molecule has 168 valence electrons. The zero-order valence-electron chi connectivity index (χ0n) is 19.6. The van der Waals surface area contributed by atoms with Crippen molar-refractivity contribution < 1.29 is 14.2 Å². The molecule has 0 bridgehead atoms. The Morgan fingerprint density at radius 2 is 1.67 bits per heavy atom. The fraction of sp³-hybridized carbons (Fsp3) is 1.00. The largest absolute Gasteiger partial charge is 0.365 e. The van der Waals surface area contributed by atoms with Crippen LogP contribution in [0.5, 0.6) is 0 Å². The molecule has 3 aliphatic heterocycles. The highest BCUT2D eigenvalue weighted by atomic mass is 16.7. The molecule has 1 unspecified atom stereocenters. The molecule has 7 rings (SSSR count). The molecule has 3 heteroatoms. The van der Waals surface area contributed by atoms with Gasteiger partial charge in [-0.15, -0.1) is 0 Å². The fourth-order valence-electron chi connectivity index (χ4n) is 10.7. The van der Waals surface area contributed by atoms with Gasteiger partial charge in [0.2, 0.25) is 0 Å². The van der Waals surface area contributed by atoms with Crippen molar-refractivity contribution in [3.8, 4) is 0 Å². The minimum atomic E-state index is -0.274. The first-order valence-electron chi connectivity index (χ1n) is 13.3. The first-order valence-corrected chi connectivity index (χ1v) is 13.3. The van der Waals surface area contributed by atoms with Gasteiger partial charge in [0.15, 0.2) is 5.79 Å². The van der Waals surface area contributed by atoms with E-state index in [1.165, 1.54) is 57.8 Å². The molecule has 0 amide bonds. The maximum absolute atomic E-state index is 6.93. The molecule has 0 radical (unpaired) electrons. The van der Waals surface area contributed by atoms with Gasteiger partial charge in [-0.2, -0.15) is 0 Å². The molecule has 2 spiro atoms. The average molecular weight is 415 g/mol. The molecule has 7 fully saturated rings. The molecular formula is C27H42O3. The van der Waals surface area contributed by atoms with E-state index in [1.807, 2.05) is 0 Å². The normalized spacial score (nSPS) is 66.0. The van der Waals surface area contributed by atoms with E-state index in [-0.39, 0.29) is 11.4 Å². The van der Waals surface area contributed by atoms with Gasteiger partial charge in [-0.1, -0.05) is 40.5 Å². The second kappa shape index (κ2) is 5.86. The summed E-state index contributed by atoms with van der Waals surface area (Å²) in [6, 6.07) is 0. The lowest BCUT2D eigenvalue weighted by atomic mass is 9.44. The Bertz CT molecular complexity index is 742. The molecule has 12 atom stereocenters. The van der Waals surface area contributed by atoms with Crippen LogP contribution >= 0.6 is 0 Å². The van der Waals surface area contributed by atoms with Crippen molar-refractivity contribution in [2.75, 3.05) is 6.61 Å². The first kappa shape index (κ1) is 19.4. The number of fused-ring (bicyclic) bond motifs is 6. The van der Waals surface area contributed by atoms with Crippen LogP contribution in [0.25, 0.3) is 0 Å². The van der Waals surface area contributed by atoms with Gasteiger partial charge in [-0.05, 0) is 80.0 Å². The van der Waals surface area contributed by atoms with Gasteiger partial charge < -0.3 is 14.2 Å². The van der Waals surface area contributed by atoms with Gasteiger partial charge in [0.25, 0.3) is 0 Å². The number of epoxide rings is 1. The molecule has 30 heavy (non-hydrogen) atoms. The lowest BCUT2D eigenvalue weighted by molar-refractivity contribution is -0.272. The third kappa shape index (κ3) is 2.10. The van der Waals surface area contributed by atoms with E-state index in [1.54, 1.807) is 0 Å². The van der Waals surface area contributed by atoms with Crippen molar-refractivity contribution >= 4 is 0 Å². The third-order valence-electron chi connectivity index (χ3n) is 12.3. The quantitative estimate of drug-likeness (QED) is 0.459. The lowest BCUT2D eigenvalue weighted by Crippen LogP contribution is -2.57. The van der Waals surface area contributed by atoms with Crippen LogP contribution in [0.1, 0.15) is 91.9 Å². The standard InChI is InChI=1S/C27H42O3/c1-16-7-12-27(28-15-16)17(2)23-21(29-27)14-20-18-13-22-26(30-22)10-6-5-9-25(26,4)19(18)8-11-24(20,23)3/h16-23H,5-15H2,1-4H3/t16?,17-,18+,19-,20-,21-,22-,23-,24-,25+,26-,27+/m0/s1. The highest BCUT2D eigenvalue weighted by Crippen LogP contribution is 2.75. The van der Waals surface area contributed by atoms with Gasteiger partial charge in [0.1, 0.15) is 5.60 Å². The fourth-order valence-corrected chi connectivity index (χ4v) is 10.7. The molecule has 4 aliphatic carbocycles. The van der Waals surface area contributed by atoms with Crippen LogP contribution in [0.4, 0.5) is 0 Å². The predicted molar refractivity (Wildman–Crippen MR) is 116 cm³/mol. The van der Waals surface area contributed by atoms with E-state index >= 15 is 0 Å². The molecule has 4 saturated carbocycles. The first-order chi connectivity index (χ1) is 14.3. The molecule has 0 aromatic rings. The Morgan fingerprint density at radius 1 is 0.833 bits per heavy atom. The van der Waals surface area contributed by atoms with E-state index in [0.29, 0.717) is 40.8 Å². The molecule has 3 heterocycles. The van der Waals surface area contributed by atoms with E-state index in [0.717, 1.165) is 30.8 Å². The number of ether oxygens (including phenoxy) is 3. The second-order valence-corrected chi connectivity index (χ2v) is 13.3. The van der Waals surface area contributed by atoms with E-state index < -0.39 is 0 Å². The lowest BCUT2D eigenvalue weighted by Gasteiger charge is -2.59. The summed E-state index contributed by atoms with van der Waals surface area (Å²) < 4.78 is 20.0. The number of hydrogen-bond donors (Lipinski definition) is 0. The van der Waals surface area contributed by atoms with Gasteiger partial charge in [0.05, 0.1) is 18.8 Å². The van der Waals surface area contributed by atoms with Crippen LogP contribution in [0.2, 0.25) is 0 Å². The Labute approximate surface area is 183 Å². The smallest absolute Gasteiger partial charge is 0.171 e. The van der Waals surface area contributed by atoms with Crippen LogP contribution in [0.15, 0.2) is 0 Å². The van der Waals surface area contributed by atoms with E-state index in [4.69, 9.17) is 14.2 Å². The van der Waals surface area contributed by atoms with Crippen molar-refractivity contribution in [3.63, 3.8) is 0 Å². The molecule has 0 aromatic heterocycles. The van der Waals surface area contributed by atoms with Crippen molar-refractivity contribution in [1.82, 2.24) is 0 Å². The third-order valence-corrected chi connectivity index (χ3v) is 12.3. The van der Waals surface area contributed by atoms with Crippen molar-refractivity contribution in [2.24, 2.45) is 46.3 Å². The van der Waals surface area contributed by atoms with Crippen molar-refractivity contribution in [1.29, 1.82) is 0 Å². The summed E-state index contributed by atoms with van der Waals surface area (Å²) in [6.07, 6.45) is 14.4. The molecule has 3 nitrogen and oxygen atoms in total. The minimum absolute atomic E-state index is 0.273. The monoisotopic (exact) mass is 414 g/mol. The number of hydrogen-bond acceptors (Lipinski definition) is 3. The van der Waals surface area contributed by atoms with Gasteiger partial charge in [-0.3, -0.25) is 0 Å². The van der Waals surface area contributed by atoms with E-state index in [2.05, 4.69) is 27.7 Å².